The van der Waals surface area contributed by atoms with Crippen LogP contribution in [0.2, 0.25) is 0 Å². The zero-order chi connectivity index (χ0) is 13.9. The highest BCUT2D eigenvalue weighted by molar-refractivity contribution is 7.91. The molecule has 2 heterocycles. The average molecular weight is 288 g/mol. The van der Waals surface area contributed by atoms with Gasteiger partial charge < -0.3 is 15.1 Å². The van der Waals surface area contributed by atoms with E-state index in [0.717, 1.165) is 13.0 Å². The van der Waals surface area contributed by atoms with Gasteiger partial charge in [0.15, 0.2) is 9.84 Å². The lowest BCUT2D eigenvalue weighted by atomic mass is 10.2. The highest BCUT2D eigenvalue weighted by Gasteiger charge is 2.26. The number of hydrogen-bond donors (Lipinski definition) is 2. The van der Waals surface area contributed by atoms with E-state index in [4.69, 9.17) is 4.42 Å². The third kappa shape index (κ3) is 3.90. The molecule has 0 aliphatic carbocycles. The molecule has 1 aliphatic heterocycles. The van der Waals surface area contributed by atoms with Crippen LogP contribution in [-0.2, 0) is 9.84 Å². The van der Waals surface area contributed by atoms with E-state index in [1.54, 1.807) is 0 Å². The second kappa shape index (κ2) is 5.87. The van der Waals surface area contributed by atoms with E-state index in [1.165, 1.54) is 0 Å². The molecule has 2 atom stereocenters. The predicted molar refractivity (Wildman–Crippen MR) is 71.7 cm³/mol. The molecule has 1 aliphatic rings. The van der Waals surface area contributed by atoms with Crippen molar-refractivity contribution in [2.75, 3.05) is 23.4 Å². The molecule has 2 N–H and O–H groups in total. The SMILES string of the molecule is CCNC(C)c1nnc(NC2CCCS(=O)(=O)C2)o1. The molecule has 1 aromatic rings. The van der Waals surface area contributed by atoms with Crippen LogP contribution in [0, 0.1) is 0 Å². The van der Waals surface area contributed by atoms with Crippen LogP contribution in [0.5, 0.6) is 0 Å². The number of rotatable bonds is 5. The van der Waals surface area contributed by atoms with Crippen molar-refractivity contribution in [2.45, 2.75) is 38.8 Å². The van der Waals surface area contributed by atoms with Gasteiger partial charge in [0.2, 0.25) is 5.89 Å². The van der Waals surface area contributed by atoms with Crippen LogP contribution in [0.15, 0.2) is 4.42 Å². The molecule has 108 valence electrons. The van der Waals surface area contributed by atoms with E-state index in [9.17, 15) is 8.42 Å². The van der Waals surface area contributed by atoms with Crippen LogP contribution < -0.4 is 10.6 Å². The zero-order valence-electron chi connectivity index (χ0n) is 11.2. The molecule has 7 nitrogen and oxygen atoms in total. The lowest BCUT2D eigenvalue weighted by molar-refractivity contribution is 0.425. The Morgan fingerprint density at radius 2 is 2.26 bits per heavy atom. The Morgan fingerprint density at radius 1 is 1.47 bits per heavy atom. The summed E-state index contributed by atoms with van der Waals surface area (Å²) in [6.07, 6.45) is 1.48. The molecule has 0 bridgehead atoms. The fourth-order valence-electron chi connectivity index (χ4n) is 2.17. The minimum atomic E-state index is -2.93. The largest absolute Gasteiger partial charge is 0.406 e. The maximum absolute atomic E-state index is 11.5. The summed E-state index contributed by atoms with van der Waals surface area (Å²) in [6.45, 7) is 4.75. The van der Waals surface area contributed by atoms with Gasteiger partial charge in [-0.05, 0) is 26.3 Å². The van der Waals surface area contributed by atoms with Gasteiger partial charge in [0.1, 0.15) is 0 Å². The number of nitrogens with zero attached hydrogens (tertiary/aromatic N) is 2. The summed E-state index contributed by atoms with van der Waals surface area (Å²) >= 11 is 0. The standard InChI is InChI=1S/C11H20N4O3S/c1-3-12-8(2)10-14-15-11(18-10)13-9-5-4-6-19(16,17)7-9/h8-9,12H,3-7H2,1-2H3,(H,13,15). The number of sulfone groups is 1. The highest BCUT2D eigenvalue weighted by Crippen LogP contribution is 2.18. The van der Waals surface area contributed by atoms with Crippen LogP contribution in [0.1, 0.15) is 38.6 Å². The summed E-state index contributed by atoms with van der Waals surface area (Å²) in [5.74, 6) is 0.911. The Hall–Kier alpha value is -1.15. The number of anilines is 1. The third-order valence-corrected chi connectivity index (χ3v) is 4.93. The predicted octanol–water partition coefficient (Wildman–Crippen LogP) is 0.729. The van der Waals surface area contributed by atoms with Gasteiger partial charge >= 0.3 is 6.01 Å². The van der Waals surface area contributed by atoms with Gasteiger partial charge in [0.05, 0.1) is 17.5 Å². The molecule has 0 amide bonds. The van der Waals surface area contributed by atoms with E-state index in [0.29, 0.717) is 18.3 Å². The van der Waals surface area contributed by atoms with Gasteiger partial charge in [-0.2, -0.15) is 0 Å². The topological polar surface area (TPSA) is 97.1 Å². The number of hydrogen-bond acceptors (Lipinski definition) is 7. The minimum Gasteiger partial charge on any atom is -0.406 e. The van der Waals surface area contributed by atoms with Crippen LogP contribution in [0.4, 0.5) is 6.01 Å². The Bertz CT molecular complexity index is 514. The molecule has 2 unspecified atom stereocenters. The Kier molecular flexibility index (Phi) is 4.41. The summed E-state index contributed by atoms with van der Waals surface area (Å²) in [6, 6.07) is 0.145. The summed E-state index contributed by atoms with van der Waals surface area (Å²) < 4.78 is 28.5. The maximum Gasteiger partial charge on any atom is 0.315 e. The van der Waals surface area contributed by atoms with Gasteiger partial charge in [-0.15, -0.1) is 5.10 Å². The van der Waals surface area contributed by atoms with Gasteiger partial charge in [-0.1, -0.05) is 12.0 Å². The summed E-state index contributed by atoms with van der Waals surface area (Å²) in [5, 5.41) is 14.0. The summed E-state index contributed by atoms with van der Waals surface area (Å²) in [7, 11) is -2.93. The van der Waals surface area contributed by atoms with E-state index < -0.39 is 9.84 Å². The third-order valence-electron chi connectivity index (χ3n) is 3.11. The first-order valence-corrected chi connectivity index (χ1v) is 8.36. The van der Waals surface area contributed by atoms with E-state index >= 15 is 0 Å². The number of aromatic nitrogens is 2. The first-order chi connectivity index (χ1) is 9.00. The van der Waals surface area contributed by atoms with Crippen molar-refractivity contribution in [1.29, 1.82) is 0 Å². The van der Waals surface area contributed by atoms with Crippen molar-refractivity contribution >= 4 is 15.9 Å². The Morgan fingerprint density at radius 3 is 2.95 bits per heavy atom. The van der Waals surface area contributed by atoms with Gasteiger partial charge in [0.25, 0.3) is 0 Å². The molecule has 1 saturated heterocycles. The average Bonchev–Trinajstić information content (AvgIpc) is 2.76. The molecule has 0 radical (unpaired) electrons. The zero-order valence-corrected chi connectivity index (χ0v) is 12.0. The molecule has 0 spiro atoms. The van der Waals surface area contributed by atoms with Crippen LogP contribution in [0.3, 0.4) is 0 Å². The normalized spacial score (nSPS) is 24.0. The fraction of sp³-hybridized carbons (Fsp3) is 0.818. The van der Waals surface area contributed by atoms with Crippen molar-refractivity contribution in [2.24, 2.45) is 0 Å². The van der Waals surface area contributed by atoms with E-state index in [2.05, 4.69) is 20.8 Å². The van der Waals surface area contributed by atoms with Crippen LogP contribution in [0.25, 0.3) is 0 Å². The Labute approximate surface area is 113 Å². The lowest BCUT2D eigenvalue weighted by Crippen LogP contribution is -2.34. The first kappa shape index (κ1) is 14.3. The van der Waals surface area contributed by atoms with E-state index in [-0.39, 0.29) is 23.6 Å². The van der Waals surface area contributed by atoms with Gasteiger partial charge in [-0.3, -0.25) is 0 Å². The van der Waals surface area contributed by atoms with Crippen molar-refractivity contribution in [3.63, 3.8) is 0 Å². The molecule has 8 heteroatoms. The first-order valence-electron chi connectivity index (χ1n) is 6.54. The molecule has 0 saturated carbocycles. The summed E-state index contributed by atoms with van der Waals surface area (Å²) in [4.78, 5) is 0. The summed E-state index contributed by atoms with van der Waals surface area (Å²) in [5.41, 5.74) is 0. The minimum absolute atomic E-state index is 0.0110. The van der Waals surface area contributed by atoms with E-state index in [1.807, 2.05) is 13.8 Å². The second-order valence-electron chi connectivity index (χ2n) is 4.82. The number of nitrogens with one attached hydrogen (secondary N) is 2. The second-order valence-corrected chi connectivity index (χ2v) is 7.05. The van der Waals surface area contributed by atoms with Crippen molar-refractivity contribution < 1.29 is 12.8 Å². The highest BCUT2D eigenvalue weighted by atomic mass is 32.2. The molecule has 19 heavy (non-hydrogen) atoms. The maximum atomic E-state index is 11.5. The monoisotopic (exact) mass is 288 g/mol. The van der Waals surface area contributed by atoms with Crippen LogP contribution in [-0.4, -0.2) is 42.7 Å². The molecule has 1 fully saturated rings. The fourth-order valence-corrected chi connectivity index (χ4v) is 3.81. The molecule has 1 aromatic heterocycles. The van der Waals surface area contributed by atoms with Crippen LogP contribution >= 0.6 is 0 Å². The van der Waals surface area contributed by atoms with Crippen molar-refractivity contribution in [1.82, 2.24) is 15.5 Å². The van der Waals surface area contributed by atoms with Gasteiger partial charge in [-0.25, -0.2) is 8.42 Å². The van der Waals surface area contributed by atoms with Gasteiger partial charge in [0, 0.05) is 6.04 Å². The quantitative estimate of drug-likeness (QED) is 0.824. The molecule has 0 aromatic carbocycles. The smallest absolute Gasteiger partial charge is 0.315 e. The Balaban J connectivity index is 1.96. The van der Waals surface area contributed by atoms with Crippen molar-refractivity contribution in [3.05, 3.63) is 5.89 Å². The molecule has 2 rings (SSSR count). The molecular formula is C11H20N4O3S. The molecular weight excluding hydrogens is 268 g/mol. The lowest BCUT2D eigenvalue weighted by Gasteiger charge is -2.21. The van der Waals surface area contributed by atoms with Crippen molar-refractivity contribution in [3.8, 4) is 0 Å².